The molecule has 0 spiro atoms. The summed E-state index contributed by atoms with van der Waals surface area (Å²) in [5.74, 6) is -0.0825. The average Bonchev–Trinajstić information content (AvgIpc) is 3.27. The van der Waals surface area contributed by atoms with Gasteiger partial charge in [-0.25, -0.2) is 0 Å². The van der Waals surface area contributed by atoms with Crippen LogP contribution in [0.2, 0.25) is 0 Å². The van der Waals surface area contributed by atoms with Crippen molar-refractivity contribution >= 4 is 28.9 Å². The van der Waals surface area contributed by atoms with E-state index in [0.29, 0.717) is 17.1 Å². The van der Waals surface area contributed by atoms with Crippen molar-refractivity contribution in [1.82, 2.24) is 4.90 Å². The Hall–Kier alpha value is -3.62. The van der Waals surface area contributed by atoms with Gasteiger partial charge in [-0.15, -0.1) is 0 Å². The number of carbonyl (C=O) groups excluding carboxylic acids is 2. The number of nitro benzene ring substituents is 1. The highest BCUT2D eigenvalue weighted by Gasteiger charge is 2.22. The number of nitrogens with one attached hydrogen (secondary N) is 1. The Kier molecular flexibility index (Phi) is 6.51. The van der Waals surface area contributed by atoms with Crippen LogP contribution in [0, 0.1) is 10.1 Å². The summed E-state index contributed by atoms with van der Waals surface area (Å²) in [5, 5.41) is 14.0. The molecular weight excluding hydrogens is 388 g/mol. The second kappa shape index (κ2) is 9.25. The van der Waals surface area contributed by atoms with E-state index < -0.39 is 10.8 Å². The van der Waals surface area contributed by atoms with E-state index in [9.17, 15) is 19.7 Å². The molecule has 0 aromatic heterocycles. The minimum atomic E-state index is -0.508. The van der Waals surface area contributed by atoms with Gasteiger partial charge in [-0.2, -0.15) is 0 Å². The molecule has 1 aliphatic heterocycles. The highest BCUT2D eigenvalue weighted by Crippen LogP contribution is 2.29. The van der Waals surface area contributed by atoms with Crippen molar-refractivity contribution in [2.45, 2.75) is 12.8 Å². The molecule has 9 nitrogen and oxygen atoms in total. The highest BCUT2D eigenvalue weighted by atomic mass is 16.6. The average molecular weight is 412 g/mol. The molecule has 0 saturated carbocycles. The lowest BCUT2D eigenvalue weighted by Gasteiger charge is -2.21. The van der Waals surface area contributed by atoms with E-state index in [1.165, 1.54) is 17.0 Å². The maximum atomic E-state index is 12.9. The van der Waals surface area contributed by atoms with E-state index in [1.54, 1.807) is 44.4 Å². The molecule has 1 saturated heterocycles. The molecule has 2 aromatic rings. The van der Waals surface area contributed by atoms with Crippen molar-refractivity contribution in [2.75, 3.05) is 44.0 Å². The van der Waals surface area contributed by atoms with E-state index >= 15 is 0 Å². The molecule has 1 N–H and O–H groups in total. The number of amides is 2. The standard InChI is InChI=1S/C21H24N4O5/c1-23(2)20(26)14-30-17-8-5-15(6-9-17)22-21(27)18-13-16(25(28)29)7-10-19(18)24-11-3-4-12-24/h5-10,13H,3-4,11-12,14H2,1-2H3,(H,22,27). The molecule has 9 heteroatoms. The van der Waals surface area contributed by atoms with E-state index in [1.807, 2.05) is 0 Å². The van der Waals surface area contributed by atoms with Gasteiger partial charge in [0.25, 0.3) is 17.5 Å². The Balaban J connectivity index is 1.74. The van der Waals surface area contributed by atoms with Gasteiger partial charge in [-0.05, 0) is 43.2 Å². The molecule has 0 bridgehead atoms. The van der Waals surface area contributed by atoms with Crippen LogP contribution in [0.5, 0.6) is 5.75 Å². The van der Waals surface area contributed by atoms with Crippen LogP contribution in [0.4, 0.5) is 17.1 Å². The van der Waals surface area contributed by atoms with Crippen molar-refractivity contribution in [1.29, 1.82) is 0 Å². The molecule has 2 aromatic carbocycles. The van der Waals surface area contributed by atoms with Crippen LogP contribution in [0.3, 0.4) is 0 Å². The van der Waals surface area contributed by atoms with E-state index in [4.69, 9.17) is 4.74 Å². The normalized spacial score (nSPS) is 13.1. The lowest BCUT2D eigenvalue weighted by Crippen LogP contribution is -2.27. The molecular formula is C21H24N4O5. The number of nitrogens with zero attached hydrogens (tertiary/aromatic N) is 3. The molecule has 2 amide bonds. The number of carbonyl (C=O) groups is 2. The van der Waals surface area contributed by atoms with Gasteiger partial charge < -0.3 is 19.9 Å². The summed E-state index contributed by atoms with van der Waals surface area (Å²) in [7, 11) is 3.29. The SMILES string of the molecule is CN(C)C(=O)COc1ccc(NC(=O)c2cc([N+](=O)[O-])ccc2N2CCCC2)cc1. The van der Waals surface area contributed by atoms with Gasteiger partial charge >= 0.3 is 0 Å². The molecule has 0 radical (unpaired) electrons. The zero-order valence-corrected chi connectivity index (χ0v) is 17.0. The summed E-state index contributed by atoms with van der Waals surface area (Å²) in [6, 6.07) is 11.0. The minimum absolute atomic E-state index is 0.0778. The zero-order valence-electron chi connectivity index (χ0n) is 17.0. The predicted octanol–water partition coefficient (Wildman–Crippen LogP) is 2.91. The number of hydrogen-bond acceptors (Lipinski definition) is 6. The molecule has 30 heavy (non-hydrogen) atoms. The Morgan fingerprint density at radius 3 is 2.40 bits per heavy atom. The molecule has 1 aliphatic rings. The number of hydrogen-bond donors (Lipinski definition) is 1. The van der Waals surface area contributed by atoms with Crippen molar-refractivity contribution in [3.05, 3.63) is 58.1 Å². The number of non-ortho nitro benzene ring substituents is 1. The van der Waals surface area contributed by atoms with Crippen LogP contribution in [0.25, 0.3) is 0 Å². The molecule has 3 rings (SSSR count). The van der Waals surface area contributed by atoms with Crippen molar-refractivity contribution < 1.29 is 19.2 Å². The molecule has 1 fully saturated rings. The maximum Gasteiger partial charge on any atom is 0.270 e. The van der Waals surface area contributed by atoms with Crippen molar-refractivity contribution in [3.8, 4) is 5.75 Å². The predicted molar refractivity (Wildman–Crippen MR) is 113 cm³/mol. The molecule has 0 aliphatic carbocycles. The highest BCUT2D eigenvalue weighted by molar-refractivity contribution is 6.08. The first-order valence-electron chi connectivity index (χ1n) is 9.63. The van der Waals surface area contributed by atoms with Crippen LogP contribution >= 0.6 is 0 Å². The summed E-state index contributed by atoms with van der Waals surface area (Å²) in [6.07, 6.45) is 2.05. The van der Waals surface area contributed by atoms with Gasteiger partial charge in [0.2, 0.25) is 0 Å². The van der Waals surface area contributed by atoms with E-state index in [0.717, 1.165) is 25.9 Å². The fourth-order valence-electron chi connectivity index (χ4n) is 3.16. The molecule has 0 unspecified atom stereocenters. The summed E-state index contributed by atoms with van der Waals surface area (Å²) in [6.45, 7) is 1.55. The summed E-state index contributed by atoms with van der Waals surface area (Å²) < 4.78 is 5.42. The van der Waals surface area contributed by atoms with Crippen molar-refractivity contribution in [3.63, 3.8) is 0 Å². The smallest absolute Gasteiger partial charge is 0.270 e. The van der Waals surface area contributed by atoms with E-state index in [-0.39, 0.29) is 23.8 Å². The fraction of sp³-hybridized carbons (Fsp3) is 0.333. The molecule has 1 heterocycles. The van der Waals surface area contributed by atoms with Gasteiger partial charge in [-0.3, -0.25) is 19.7 Å². The Morgan fingerprint density at radius 1 is 1.13 bits per heavy atom. The summed E-state index contributed by atoms with van der Waals surface area (Å²) >= 11 is 0. The number of rotatable bonds is 7. The zero-order chi connectivity index (χ0) is 21.7. The van der Waals surface area contributed by atoms with Crippen LogP contribution in [0.1, 0.15) is 23.2 Å². The molecule has 0 atom stereocenters. The first kappa shape index (κ1) is 21.1. The summed E-state index contributed by atoms with van der Waals surface area (Å²) in [5.41, 5.74) is 1.35. The Bertz CT molecular complexity index is 937. The van der Waals surface area contributed by atoms with Crippen molar-refractivity contribution in [2.24, 2.45) is 0 Å². The second-order valence-electron chi connectivity index (χ2n) is 7.21. The second-order valence-corrected chi connectivity index (χ2v) is 7.21. The van der Waals surface area contributed by atoms with Gasteiger partial charge in [0.15, 0.2) is 6.61 Å². The quantitative estimate of drug-likeness (QED) is 0.554. The monoisotopic (exact) mass is 412 g/mol. The van der Waals surface area contributed by atoms with Crippen LogP contribution in [-0.4, -0.2) is 55.4 Å². The number of anilines is 2. The number of nitro groups is 1. The Labute approximate surface area is 174 Å². The minimum Gasteiger partial charge on any atom is -0.484 e. The van der Waals surface area contributed by atoms with Gasteiger partial charge in [0.05, 0.1) is 16.2 Å². The topological polar surface area (TPSA) is 105 Å². The Morgan fingerprint density at radius 2 is 1.80 bits per heavy atom. The first-order valence-corrected chi connectivity index (χ1v) is 9.63. The first-order chi connectivity index (χ1) is 14.3. The van der Waals surface area contributed by atoms with E-state index in [2.05, 4.69) is 10.2 Å². The lowest BCUT2D eigenvalue weighted by molar-refractivity contribution is -0.384. The van der Waals surface area contributed by atoms with Crippen LogP contribution in [0.15, 0.2) is 42.5 Å². The van der Waals surface area contributed by atoms with Gasteiger partial charge in [-0.1, -0.05) is 0 Å². The van der Waals surface area contributed by atoms with Crippen LogP contribution < -0.4 is 15.0 Å². The largest absolute Gasteiger partial charge is 0.484 e. The number of ether oxygens (including phenoxy) is 1. The fourth-order valence-corrected chi connectivity index (χ4v) is 3.16. The summed E-state index contributed by atoms with van der Waals surface area (Å²) in [4.78, 5) is 38.7. The van der Waals surface area contributed by atoms with Gasteiger partial charge in [0.1, 0.15) is 5.75 Å². The number of benzene rings is 2. The van der Waals surface area contributed by atoms with Gasteiger partial charge in [0, 0.05) is 45.0 Å². The van der Waals surface area contributed by atoms with Crippen LogP contribution in [-0.2, 0) is 4.79 Å². The lowest BCUT2D eigenvalue weighted by atomic mass is 10.1. The maximum absolute atomic E-state index is 12.9. The third kappa shape index (κ3) is 5.05. The molecule has 158 valence electrons. The number of likely N-dealkylation sites (N-methyl/N-ethyl adjacent to an activating group) is 1. The third-order valence-corrected chi connectivity index (χ3v) is 4.86. The third-order valence-electron chi connectivity index (χ3n) is 4.86.